The summed E-state index contributed by atoms with van der Waals surface area (Å²) in [5.74, 6) is 1.24. The van der Waals surface area contributed by atoms with Crippen LogP contribution in [0.15, 0.2) is 48.7 Å². The van der Waals surface area contributed by atoms with E-state index in [0.717, 1.165) is 36.2 Å². The number of nitrogens with zero attached hydrogens (tertiary/aromatic N) is 3. The van der Waals surface area contributed by atoms with E-state index in [4.69, 9.17) is 4.98 Å². The van der Waals surface area contributed by atoms with Crippen molar-refractivity contribution in [3.63, 3.8) is 0 Å². The van der Waals surface area contributed by atoms with Gasteiger partial charge in [0, 0.05) is 25.2 Å². The first-order valence-corrected chi connectivity index (χ1v) is 7.96. The number of aromatic amines is 1. The van der Waals surface area contributed by atoms with E-state index in [1.807, 2.05) is 41.3 Å². The van der Waals surface area contributed by atoms with Crippen LogP contribution in [0.1, 0.15) is 35.1 Å². The Bertz CT molecular complexity index is 794. The van der Waals surface area contributed by atoms with Gasteiger partial charge in [-0.05, 0) is 37.1 Å². The number of hydrogen-bond acceptors (Lipinski definition) is 3. The fraction of sp³-hybridized carbons (Fsp3) is 0.278. The van der Waals surface area contributed by atoms with Crippen LogP contribution in [0.2, 0.25) is 0 Å². The highest BCUT2D eigenvalue weighted by molar-refractivity contribution is 5.92. The van der Waals surface area contributed by atoms with E-state index in [-0.39, 0.29) is 11.8 Å². The Morgan fingerprint density at radius 3 is 2.87 bits per heavy atom. The zero-order chi connectivity index (χ0) is 15.6. The van der Waals surface area contributed by atoms with Crippen molar-refractivity contribution in [2.24, 2.45) is 0 Å². The summed E-state index contributed by atoms with van der Waals surface area (Å²) in [7, 11) is 0. The molecule has 0 spiro atoms. The summed E-state index contributed by atoms with van der Waals surface area (Å²) < 4.78 is 0. The van der Waals surface area contributed by atoms with Crippen LogP contribution >= 0.6 is 0 Å². The van der Waals surface area contributed by atoms with Crippen molar-refractivity contribution in [2.45, 2.75) is 18.8 Å². The molecule has 116 valence electrons. The molecule has 5 nitrogen and oxygen atoms in total. The molecule has 4 rings (SSSR count). The second-order valence-corrected chi connectivity index (χ2v) is 5.94. The third kappa shape index (κ3) is 2.70. The quantitative estimate of drug-likeness (QED) is 0.791. The number of hydrogen-bond donors (Lipinski definition) is 1. The molecule has 1 aliphatic heterocycles. The second kappa shape index (κ2) is 5.83. The summed E-state index contributed by atoms with van der Waals surface area (Å²) in [4.78, 5) is 26.7. The van der Waals surface area contributed by atoms with Gasteiger partial charge in [0.05, 0.1) is 11.0 Å². The number of fused-ring (bicyclic) bond motifs is 1. The fourth-order valence-electron chi connectivity index (χ4n) is 3.20. The number of amides is 1. The van der Waals surface area contributed by atoms with Gasteiger partial charge in [0.25, 0.3) is 5.91 Å². The summed E-state index contributed by atoms with van der Waals surface area (Å²) in [6.07, 6.45) is 3.69. The second-order valence-electron chi connectivity index (χ2n) is 5.94. The minimum Gasteiger partial charge on any atom is -0.342 e. The molecule has 5 heteroatoms. The van der Waals surface area contributed by atoms with Crippen LogP contribution in [0.4, 0.5) is 0 Å². The maximum Gasteiger partial charge on any atom is 0.272 e. The smallest absolute Gasteiger partial charge is 0.272 e. The lowest BCUT2D eigenvalue weighted by Crippen LogP contribution is -2.39. The van der Waals surface area contributed by atoms with Crippen LogP contribution in [-0.4, -0.2) is 38.8 Å². The first-order valence-electron chi connectivity index (χ1n) is 7.96. The minimum absolute atomic E-state index is 0.00594. The van der Waals surface area contributed by atoms with E-state index in [1.165, 1.54) is 0 Å². The van der Waals surface area contributed by atoms with Crippen LogP contribution in [0.3, 0.4) is 0 Å². The van der Waals surface area contributed by atoms with E-state index in [0.29, 0.717) is 12.2 Å². The molecule has 3 heterocycles. The third-order valence-electron chi connectivity index (χ3n) is 4.39. The zero-order valence-corrected chi connectivity index (χ0v) is 12.8. The number of rotatable bonds is 2. The molecule has 2 aromatic heterocycles. The van der Waals surface area contributed by atoms with E-state index >= 15 is 0 Å². The Morgan fingerprint density at radius 2 is 2.04 bits per heavy atom. The standard InChI is InChI=1S/C18H18N4O/c23-18(16-9-3-4-10-19-16)22-11-5-6-13(12-22)17-20-14-7-1-2-8-15(14)21-17/h1-4,7-10,13H,5-6,11-12H2,(H,20,21). The average molecular weight is 306 g/mol. The summed E-state index contributed by atoms with van der Waals surface area (Å²) in [5.41, 5.74) is 2.55. The maximum absolute atomic E-state index is 12.6. The zero-order valence-electron chi connectivity index (χ0n) is 12.8. The van der Waals surface area contributed by atoms with Crippen molar-refractivity contribution < 1.29 is 4.79 Å². The van der Waals surface area contributed by atoms with Crippen molar-refractivity contribution in [1.82, 2.24) is 19.9 Å². The van der Waals surface area contributed by atoms with E-state index in [9.17, 15) is 4.79 Å². The number of nitrogens with one attached hydrogen (secondary N) is 1. The van der Waals surface area contributed by atoms with E-state index in [2.05, 4.69) is 9.97 Å². The average Bonchev–Trinajstić information content (AvgIpc) is 3.06. The van der Waals surface area contributed by atoms with Gasteiger partial charge in [-0.2, -0.15) is 0 Å². The number of aromatic nitrogens is 3. The number of imidazole rings is 1. The number of likely N-dealkylation sites (tertiary alicyclic amines) is 1. The molecule has 0 saturated carbocycles. The number of pyridine rings is 1. The van der Waals surface area contributed by atoms with Gasteiger partial charge < -0.3 is 9.88 Å². The monoisotopic (exact) mass is 306 g/mol. The van der Waals surface area contributed by atoms with Crippen molar-refractivity contribution in [1.29, 1.82) is 0 Å². The lowest BCUT2D eigenvalue weighted by molar-refractivity contribution is 0.0699. The summed E-state index contributed by atoms with van der Waals surface area (Å²) >= 11 is 0. The van der Waals surface area contributed by atoms with Gasteiger partial charge in [0.2, 0.25) is 0 Å². The molecule has 1 atom stereocenters. The van der Waals surface area contributed by atoms with Crippen LogP contribution in [0.25, 0.3) is 11.0 Å². The molecular weight excluding hydrogens is 288 g/mol. The molecular formula is C18H18N4O. The first-order chi connectivity index (χ1) is 11.3. The van der Waals surface area contributed by atoms with Crippen LogP contribution in [0, 0.1) is 0 Å². The molecule has 1 fully saturated rings. The lowest BCUT2D eigenvalue weighted by Gasteiger charge is -2.31. The van der Waals surface area contributed by atoms with Gasteiger partial charge in [-0.1, -0.05) is 18.2 Å². The van der Waals surface area contributed by atoms with E-state index in [1.54, 1.807) is 12.3 Å². The van der Waals surface area contributed by atoms with Crippen LogP contribution in [-0.2, 0) is 0 Å². The molecule has 1 N–H and O–H groups in total. The number of H-pyrrole nitrogens is 1. The Hall–Kier alpha value is -2.69. The highest BCUT2D eigenvalue weighted by Gasteiger charge is 2.27. The molecule has 1 saturated heterocycles. The molecule has 23 heavy (non-hydrogen) atoms. The Balaban J connectivity index is 1.56. The Morgan fingerprint density at radius 1 is 1.17 bits per heavy atom. The maximum atomic E-state index is 12.6. The van der Waals surface area contributed by atoms with Crippen molar-refractivity contribution >= 4 is 16.9 Å². The normalized spacial score (nSPS) is 18.3. The highest BCUT2D eigenvalue weighted by Crippen LogP contribution is 2.27. The summed E-state index contributed by atoms with van der Waals surface area (Å²) in [6, 6.07) is 13.5. The van der Waals surface area contributed by atoms with Gasteiger partial charge in [-0.15, -0.1) is 0 Å². The SMILES string of the molecule is O=C(c1ccccn1)N1CCCC(c2nc3ccccc3[nH]2)C1. The number of carbonyl (C=O) groups is 1. The molecule has 1 aliphatic rings. The third-order valence-corrected chi connectivity index (χ3v) is 4.39. The number of benzene rings is 1. The lowest BCUT2D eigenvalue weighted by atomic mass is 9.97. The molecule has 3 aromatic rings. The van der Waals surface area contributed by atoms with E-state index < -0.39 is 0 Å². The Kier molecular flexibility index (Phi) is 3.54. The summed E-state index contributed by atoms with van der Waals surface area (Å²) in [6.45, 7) is 1.47. The predicted molar refractivity (Wildman–Crippen MR) is 88.2 cm³/mol. The molecule has 0 bridgehead atoms. The van der Waals surface area contributed by atoms with Crippen molar-refractivity contribution in [3.05, 3.63) is 60.2 Å². The van der Waals surface area contributed by atoms with Crippen LogP contribution < -0.4 is 0 Å². The van der Waals surface area contributed by atoms with Gasteiger partial charge in [0.15, 0.2) is 0 Å². The van der Waals surface area contributed by atoms with Crippen molar-refractivity contribution in [2.75, 3.05) is 13.1 Å². The molecule has 0 aliphatic carbocycles. The summed E-state index contributed by atoms with van der Waals surface area (Å²) in [5, 5.41) is 0. The highest BCUT2D eigenvalue weighted by atomic mass is 16.2. The molecule has 1 amide bonds. The number of para-hydroxylation sites is 2. The largest absolute Gasteiger partial charge is 0.342 e. The van der Waals surface area contributed by atoms with Crippen molar-refractivity contribution in [3.8, 4) is 0 Å². The predicted octanol–water partition coefficient (Wildman–Crippen LogP) is 2.98. The molecule has 0 radical (unpaired) electrons. The molecule has 1 aromatic carbocycles. The topological polar surface area (TPSA) is 61.9 Å². The van der Waals surface area contributed by atoms with Crippen LogP contribution in [0.5, 0.6) is 0 Å². The number of carbonyl (C=O) groups excluding carboxylic acids is 1. The number of piperidine rings is 1. The van der Waals surface area contributed by atoms with Gasteiger partial charge in [0.1, 0.15) is 11.5 Å². The fourth-order valence-corrected chi connectivity index (χ4v) is 3.20. The van der Waals surface area contributed by atoms with Gasteiger partial charge in [-0.25, -0.2) is 4.98 Å². The Labute approximate surface area is 134 Å². The van der Waals surface area contributed by atoms with Gasteiger partial charge >= 0.3 is 0 Å². The minimum atomic E-state index is 0.00594. The molecule has 1 unspecified atom stereocenters. The first kappa shape index (κ1) is 13.9. The van der Waals surface area contributed by atoms with Gasteiger partial charge in [-0.3, -0.25) is 9.78 Å².